The number of aromatic nitrogens is 2. The average Bonchev–Trinajstić information content (AvgIpc) is 2.96. The molecule has 0 aliphatic carbocycles. The molecular weight excluding hydrogens is 542 g/mol. The number of amides is 1. The number of hydrogen-bond acceptors (Lipinski definition) is 7. The molecule has 0 fully saturated rings. The first-order valence-electron chi connectivity index (χ1n) is 13.7. The van der Waals surface area contributed by atoms with Crippen molar-refractivity contribution in [2.24, 2.45) is 7.05 Å². The molecule has 0 radical (unpaired) electrons. The van der Waals surface area contributed by atoms with Crippen LogP contribution in [0, 0.1) is 11.3 Å². The second kappa shape index (κ2) is 13.3. The second-order valence-corrected chi connectivity index (χ2v) is 10.7. The number of pyridine rings is 2. The van der Waals surface area contributed by atoms with Gasteiger partial charge >= 0.3 is 0 Å². The van der Waals surface area contributed by atoms with Crippen LogP contribution >= 0.6 is 11.6 Å². The van der Waals surface area contributed by atoms with Crippen molar-refractivity contribution in [2.75, 3.05) is 47.0 Å². The van der Waals surface area contributed by atoms with Gasteiger partial charge in [0.25, 0.3) is 11.5 Å². The zero-order valence-corrected chi connectivity index (χ0v) is 25.0. The Balaban J connectivity index is 1.74. The lowest BCUT2D eigenvalue weighted by Gasteiger charge is -2.35. The fourth-order valence-corrected chi connectivity index (χ4v) is 5.36. The first kappa shape index (κ1) is 30.3. The molecule has 3 aromatic rings. The van der Waals surface area contributed by atoms with Crippen LogP contribution in [0.2, 0.25) is 5.02 Å². The molecule has 1 amide bonds. The number of rotatable bonds is 11. The van der Waals surface area contributed by atoms with Crippen molar-refractivity contribution in [1.82, 2.24) is 19.4 Å². The third-order valence-corrected chi connectivity index (χ3v) is 7.85. The van der Waals surface area contributed by atoms with Crippen LogP contribution in [0.4, 0.5) is 0 Å². The lowest BCUT2D eigenvalue weighted by atomic mass is 9.87. The van der Waals surface area contributed by atoms with Crippen molar-refractivity contribution in [3.8, 4) is 22.9 Å². The van der Waals surface area contributed by atoms with Gasteiger partial charge in [0.05, 0.1) is 30.0 Å². The minimum absolute atomic E-state index is 0.0975. The van der Waals surface area contributed by atoms with Crippen LogP contribution in [0.25, 0.3) is 11.1 Å². The van der Waals surface area contributed by atoms with Crippen molar-refractivity contribution >= 4 is 17.5 Å². The molecule has 1 aliphatic rings. The molecule has 1 atom stereocenters. The molecule has 4 rings (SSSR count). The number of ether oxygens (including phenoxy) is 2. The van der Waals surface area contributed by atoms with Gasteiger partial charge in [-0.25, -0.2) is 0 Å². The molecule has 41 heavy (non-hydrogen) atoms. The molecule has 0 saturated carbocycles. The Morgan fingerprint density at radius 1 is 1.17 bits per heavy atom. The molecule has 9 nitrogen and oxygen atoms in total. The SMILES string of the molecule is CCOc1cc([C@H](C)N2CCc3c(cc(CCN(C)CCOC)cc3-c3cn(C)c(=O)cc3Cl)C2=O)ncc1C#N. The number of carbonyl (C=O) groups excluding carboxylic acids is 1. The number of fused-ring (bicyclic) bond motifs is 1. The van der Waals surface area contributed by atoms with Crippen molar-refractivity contribution < 1.29 is 14.3 Å². The van der Waals surface area contributed by atoms with E-state index in [4.69, 9.17) is 21.1 Å². The Morgan fingerprint density at radius 2 is 1.93 bits per heavy atom. The Kier molecular flexibility index (Phi) is 9.81. The van der Waals surface area contributed by atoms with Crippen LogP contribution in [0.1, 0.15) is 52.6 Å². The number of aryl methyl sites for hydroxylation is 1. The number of halogens is 1. The van der Waals surface area contributed by atoms with E-state index in [1.54, 1.807) is 26.4 Å². The van der Waals surface area contributed by atoms with E-state index in [-0.39, 0.29) is 17.5 Å². The number of nitrogens with zero attached hydrogens (tertiary/aromatic N) is 5. The van der Waals surface area contributed by atoms with Crippen LogP contribution < -0.4 is 10.3 Å². The quantitative estimate of drug-likeness (QED) is 0.336. The summed E-state index contributed by atoms with van der Waals surface area (Å²) in [6.45, 7) is 6.91. The Labute approximate surface area is 245 Å². The summed E-state index contributed by atoms with van der Waals surface area (Å²) in [6, 6.07) is 9.01. The molecule has 2 aromatic heterocycles. The Hall–Kier alpha value is -3.71. The summed E-state index contributed by atoms with van der Waals surface area (Å²) in [5.74, 6) is 0.364. The third kappa shape index (κ3) is 6.62. The molecule has 216 valence electrons. The van der Waals surface area contributed by atoms with Gasteiger partial charge in [-0.2, -0.15) is 5.26 Å². The van der Waals surface area contributed by atoms with Crippen LogP contribution in [-0.4, -0.2) is 72.3 Å². The van der Waals surface area contributed by atoms with E-state index in [2.05, 4.69) is 22.0 Å². The molecule has 0 bridgehead atoms. The van der Waals surface area contributed by atoms with Gasteiger partial charge in [-0.3, -0.25) is 14.6 Å². The van der Waals surface area contributed by atoms with Crippen LogP contribution in [0.3, 0.4) is 0 Å². The summed E-state index contributed by atoms with van der Waals surface area (Å²) in [5.41, 5.74) is 4.96. The van der Waals surface area contributed by atoms with Crippen LogP contribution in [-0.2, 0) is 24.6 Å². The second-order valence-electron chi connectivity index (χ2n) is 10.3. The lowest BCUT2D eigenvalue weighted by molar-refractivity contribution is 0.0669. The van der Waals surface area contributed by atoms with E-state index in [1.807, 2.05) is 31.9 Å². The van der Waals surface area contributed by atoms with E-state index >= 15 is 0 Å². The predicted octanol–water partition coefficient (Wildman–Crippen LogP) is 4.25. The summed E-state index contributed by atoms with van der Waals surface area (Å²) in [4.78, 5) is 34.8. The zero-order chi connectivity index (χ0) is 29.7. The first-order valence-corrected chi connectivity index (χ1v) is 14.1. The number of likely N-dealkylation sites (N-methyl/N-ethyl adjacent to an activating group) is 1. The fraction of sp³-hybridized carbons (Fsp3) is 0.419. The maximum atomic E-state index is 14.1. The Morgan fingerprint density at radius 3 is 2.63 bits per heavy atom. The molecule has 10 heteroatoms. The highest BCUT2D eigenvalue weighted by atomic mass is 35.5. The van der Waals surface area contributed by atoms with Crippen LogP contribution in [0.5, 0.6) is 5.75 Å². The summed E-state index contributed by atoms with van der Waals surface area (Å²) < 4.78 is 12.4. The van der Waals surface area contributed by atoms with Crippen molar-refractivity contribution in [2.45, 2.75) is 32.7 Å². The normalized spacial score (nSPS) is 13.7. The smallest absolute Gasteiger partial charge is 0.254 e. The minimum atomic E-state index is -0.337. The van der Waals surface area contributed by atoms with Gasteiger partial charge in [0.1, 0.15) is 17.4 Å². The van der Waals surface area contributed by atoms with Crippen molar-refractivity contribution in [3.05, 3.63) is 80.0 Å². The van der Waals surface area contributed by atoms with Crippen LogP contribution in [0.15, 0.2) is 41.5 Å². The molecule has 1 aromatic carbocycles. The predicted molar refractivity (Wildman–Crippen MR) is 158 cm³/mol. The highest BCUT2D eigenvalue weighted by Crippen LogP contribution is 2.37. The lowest BCUT2D eigenvalue weighted by Crippen LogP contribution is -2.40. The number of nitriles is 1. The largest absolute Gasteiger partial charge is 0.492 e. The van der Waals surface area contributed by atoms with Gasteiger partial charge in [0.15, 0.2) is 0 Å². The van der Waals surface area contributed by atoms with E-state index in [9.17, 15) is 14.9 Å². The van der Waals surface area contributed by atoms with Gasteiger partial charge in [-0.1, -0.05) is 17.7 Å². The van der Waals surface area contributed by atoms with E-state index in [0.717, 1.165) is 41.8 Å². The van der Waals surface area contributed by atoms with Gasteiger partial charge < -0.3 is 23.8 Å². The maximum absolute atomic E-state index is 14.1. The number of carbonyl (C=O) groups is 1. The molecule has 0 spiro atoms. The average molecular weight is 578 g/mol. The van der Waals surface area contributed by atoms with E-state index in [1.165, 1.54) is 16.8 Å². The summed E-state index contributed by atoms with van der Waals surface area (Å²) in [7, 11) is 5.42. The standard InChI is InChI=1S/C31H36ClN5O4/c1-6-41-29-16-28(34-18-22(29)17-33)20(2)37-10-8-23-24(26-19-36(4)30(38)15-27(26)32)13-21(14-25(23)31(37)39)7-9-35(3)11-12-40-5/h13-16,18-20H,6-12H2,1-5H3/t20-/m0/s1. The summed E-state index contributed by atoms with van der Waals surface area (Å²) in [6.07, 6.45) is 4.57. The fourth-order valence-electron chi connectivity index (χ4n) is 5.12. The summed E-state index contributed by atoms with van der Waals surface area (Å²) >= 11 is 6.60. The maximum Gasteiger partial charge on any atom is 0.254 e. The molecule has 0 N–H and O–H groups in total. The van der Waals surface area contributed by atoms with Crippen molar-refractivity contribution in [1.29, 1.82) is 5.26 Å². The van der Waals surface area contributed by atoms with E-state index < -0.39 is 0 Å². The third-order valence-electron chi connectivity index (χ3n) is 7.53. The molecule has 1 aliphatic heterocycles. The number of hydrogen-bond donors (Lipinski definition) is 0. The monoisotopic (exact) mass is 577 g/mol. The first-order chi connectivity index (χ1) is 19.7. The highest BCUT2D eigenvalue weighted by Gasteiger charge is 2.32. The van der Waals surface area contributed by atoms with Gasteiger partial charge in [-0.15, -0.1) is 0 Å². The van der Waals surface area contributed by atoms with Gasteiger partial charge in [0.2, 0.25) is 0 Å². The summed E-state index contributed by atoms with van der Waals surface area (Å²) in [5, 5.41) is 9.78. The molecule has 0 unspecified atom stereocenters. The topological polar surface area (TPSA) is 101 Å². The molecule has 3 heterocycles. The highest BCUT2D eigenvalue weighted by molar-refractivity contribution is 6.33. The zero-order valence-electron chi connectivity index (χ0n) is 24.2. The van der Waals surface area contributed by atoms with Crippen molar-refractivity contribution in [3.63, 3.8) is 0 Å². The number of benzene rings is 1. The van der Waals surface area contributed by atoms with Gasteiger partial charge in [-0.05, 0) is 56.5 Å². The Bertz CT molecular complexity index is 1530. The van der Waals surface area contributed by atoms with Gasteiger partial charge in [0, 0.05) is 69.4 Å². The van der Waals surface area contributed by atoms with E-state index in [0.29, 0.717) is 53.8 Å². The molecular formula is C31H36ClN5O4. The number of methoxy groups -OCH3 is 1. The molecule has 0 saturated heterocycles. The minimum Gasteiger partial charge on any atom is -0.492 e.